The molecule has 8 heteroatoms. The predicted molar refractivity (Wildman–Crippen MR) is 100 cm³/mol. The van der Waals surface area contributed by atoms with Crippen LogP contribution in [0.15, 0.2) is 29.1 Å². The number of hydrogen-bond acceptors (Lipinski definition) is 6. The molecule has 4 rings (SSSR count). The van der Waals surface area contributed by atoms with Crippen molar-refractivity contribution in [2.75, 3.05) is 5.32 Å². The second-order valence-electron chi connectivity index (χ2n) is 6.52. The topological polar surface area (TPSA) is 89.8 Å². The summed E-state index contributed by atoms with van der Waals surface area (Å²) >= 11 is 1.53. The van der Waals surface area contributed by atoms with Crippen molar-refractivity contribution in [2.45, 2.75) is 39.2 Å². The van der Waals surface area contributed by atoms with Crippen LogP contribution in [0.1, 0.15) is 30.3 Å². The number of thiazole rings is 1. The molecule has 1 N–H and O–H groups in total. The third-order valence-electron chi connectivity index (χ3n) is 4.79. The first-order chi connectivity index (χ1) is 12.6. The van der Waals surface area contributed by atoms with Crippen LogP contribution in [0.2, 0.25) is 0 Å². The molecule has 0 saturated heterocycles. The number of benzene rings is 1. The Morgan fingerprint density at radius 2 is 2.23 bits per heavy atom. The first-order valence-corrected chi connectivity index (χ1v) is 9.56. The molecule has 1 atom stereocenters. The van der Waals surface area contributed by atoms with Gasteiger partial charge in [0.2, 0.25) is 5.91 Å². The molecule has 0 radical (unpaired) electrons. The van der Waals surface area contributed by atoms with Crippen molar-refractivity contribution in [2.24, 2.45) is 5.92 Å². The van der Waals surface area contributed by atoms with E-state index >= 15 is 0 Å². The average Bonchev–Trinajstić information content (AvgIpc) is 3.05. The van der Waals surface area contributed by atoms with Gasteiger partial charge in [0.05, 0.1) is 11.1 Å². The summed E-state index contributed by atoms with van der Waals surface area (Å²) in [6.07, 6.45) is 4.33. The number of nitrogens with zero attached hydrogens (tertiary/aromatic N) is 4. The molecule has 2 aromatic heterocycles. The van der Waals surface area contributed by atoms with Gasteiger partial charge in [-0.3, -0.25) is 9.59 Å². The molecule has 0 aliphatic heterocycles. The Kier molecular flexibility index (Phi) is 4.50. The number of hydrogen-bond donors (Lipinski definition) is 1. The van der Waals surface area contributed by atoms with Crippen molar-refractivity contribution in [3.8, 4) is 0 Å². The molecule has 1 amide bonds. The van der Waals surface area contributed by atoms with E-state index in [9.17, 15) is 9.59 Å². The van der Waals surface area contributed by atoms with Crippen LogP contribution in [0, 0.1) is 5.92 Å². The molecule has 26 heavy (non-hydrogen) atoms. The lowest BCUT2D eigenvalue weighted by Gasteiger charge is -2.18. The van der Waals surface area contributed by atoms with Gasteiger partial charge in [0, 0.05) is 4.88 Å². The number of fused-ring (bicyclic) bond motifs is 2. The molecule has 7 nitrogen and oxygen atoms in total. The smallest absolute Gasteiger partial charge is 0.278 e. The van der Waals surface area contributed by atoms with Crippen LogP contribution in [0.3, 0.4) is 0 Å². The first kappa shape index (κ1) is 16.8. The highest BCUT2D eigenvalue weighted by Gasteiger charge is 2.22. The Bertz CT molecular complexity index is 1030. The summed E-state index contributed by atoms with van der Waals surface area (Å²) in [6.45, 7) is 2.03. The monoisotopic (exact) mass is 369 g/mol. The maximum Gasteiger partial charge on any atom is 0.278 e. The lowest BCUT2D eigenvalue weighted by molar-refractivity contribution is -0.117. The second-order valence-corrected chi connectivity index (χ2v) is 7.61. The van der Waals surface area contributed by atoms with Gasteiger partial charge in [-0.2, -0.15) is 0 Å². The SMILES string of the molecule is CCC1CCc2nc(NC(=O)Cn3nnc4ccccc4c3=O)sc2C1. The molecular formula is C18H19N5O2S. The lowest BCUT2D eigenvalue weighted by atomic mass is 9.89. The van der Waals surface area contributed by atoms with E-state index in [1.54, 1.807) is 24.3 Å². The summed E-state index contributed by atoms with van der Waals surface area (Å²) in [6, 6.07) is 6.96. The number of amides is 1. The van der Waals surface area contributed by atoms with Crippen molar-refractivity contribution in [3.05, 3.63) is 45.2 Å². The Morgan fingerprint density at radius 3 is 3.08 bits per heavy atom. The van der Waals surface area contributed by atoms with Gasteiger partial charge < -0.3 is 5.32 Å². The molecule has 3 aromatic rings. The number of anilines is 1. The first-order valence-electron chi connectivity index (χ1n) is 8.75. The van der Waals surface area contributed by atoms with Crippen molar-refractivity contribution in [1.82, 2.24) is 20.0 Å². The summed E-state index contributed by atoms with van der Waals surface area (Å²) in [5, 5.41) is 11.7. The van der Waals surface area contributed by atoms with Crippen molar-refractivity contribution >= 4 is 33.3 Å². The van der Waals surface area contributed by atoms with E-state index in [-0.39, 0.29) is 18.0 Å². The minimum atomic E-state index is -0.324. The van der Waals surface area contributed by atoms with E-state index in [0.29, 0.717) is 22.0 Å². The molecule has 1 unspecified atom stereocenters. The van der Waals surface area contributed by atoms with Crippen LogP contribution in [-0.2, 0) is 24.2 Å². The van der Waals surface area contributed by atoms with Crippen LogP contribution in [0.5, 0.6) is 0 Å². The van der Waals surface area contributed by atoms with Gasteiger partial charge in [0.25, 0.3) is 5.56 Å². The maximum absolute atomic E-state index is 12.4. The Labute approximate surface area is 154 Å². The zero-order chi connectivity index (χ0) is 18.1. The number of nitrogens with one attached hydrogen (secondary N) is 1. The zero-order valence-corrected chi connectivity index (χ0v) is 15.3. The molecule has 0 bridgehead atoms. The highest BCUT2D eigenvalue weighted by Crippen LogP contribution is 2.33. The fourth-order valence-corrected chi connectivity index (χ4v) is 4.41. The number of aromatic nitrogens is 4. The van der Waals surface area contributed by atoms with E-state index < -0.39 is 0 Å². The zero-order valence-electron chi connectivity index (χ0n) is 14.4. The van der Waals surface area contributed by atoms with Crippen LogP contribution in [0.4, 0.5) is 5.13 Å². The standard InChI is InChI=1S/C18H19N5O2S/c1-2-11-7-8-14-15(9-11)26-18(19-14)20-16(24)10-23-17(25)12-5-3-4-6-13(12)21-22-23/h3-6,11H,2,7-10H2,1H3,(H,19,20,24). The molecule has 0 spiro atoms. The van der Waals surface area contributed by atoms with E-state index in [4.69, 9.17) is 0 Å². The molecule has 1 aliphatic rings. The summed E-state index contributed by atoms with van der Waals surface area (Å²) in [5.74, 6) is 0.382. The van der Waals surface area contributed by atoms with Crippen LogP contribution < -0.4 is 10.9 Å². The molecule has 0 saturated carbocycles. The number of rotatable bonds is 4. The van der Waals surface area contributed by atoms with Crippen LogP contribution >= 0.6 is 11.3 Å². The summed E-state index contributed by atoms with van der Waals surface area (Å²) < 4.78 is 1.08. The third-order valence-corrected chi connectivity index (χ3v) is 5.82. The normalized spacial score (nSPS) is 16.4. The van der Waals surface area contributed by atoms with Gasteiger partial charge in [-0.15, -0.1) is 16.4 Å². The Balaban J connectivity index is 1.49. The molecule has 0 fully saturated rings. The number of aryl methyl sites for hydroxylation is 1. The molecular weight excluding hydrogens is 350 g/mol. The summed E-state index contributed by atoms with van der Waals surface area (Å²) in [5.41, 5.74) is 1.29. The van der Waals surface area contributed by atoms with E-state index in [1.807, 2.05) is 0 Å². The van der Waals surface area contributed by atoms with Crippen molar-refractivity contribution in [3.63, 3.8) is 0 Å². The molecule has 2 heterocycles. The molecule has 134 valence electrons. The fourth-order valence-electron chi connectivity index (χ4n) is 3.27. The van der Waals surface area contributed by atoms with Gasteiger partial charge in [-0.25, -0.2) is 9.67 Å². The quantitative estimate of drug-likeness (QED) is 0.763. The van der Waals surface area contributed by atoms with Gasteiger partial charge in [0.1, 0.15) is 12.1 Å². The van der Waals surface area contributed by atoms with Gasteiger partial charge in [0.15, 0.2) is 5.13 Å². The summed E-state index contributed by atoms with van der Waals surface area (Å²) in [4.78, 5) is 30.5. The van der Waals surface area contributed by atoms with Crippen molar-refractivity contribution < 1.29 is 4.79 Å². The fraction of sp³-hybridized carbons (Fsp3) is 0.389. The molecule has 1 aliphatic carbocycles. The van der Waals surface area contributed by atoms with Gasteiger partial charge >= 0.3 is 0 Å². The van der Waals surface area contributed by atoms with E-state index in [2.05, 4.69) is 27.5 Å². The minimum Gasteiger partial charge on any atom is -0.300 e. The summed E-state index contributed by atoms with van der Waals surface area (Å²) in [7, 11) is 0. The highest BCUT2D eigenvalue weighted by molar-refractivity contribution is 7.15. The van der Waals surface area contributed by atoms with Gasteiger partial charge in [-0.1, -0.05) is 30.7 Å². The number of carbonyl (C=O) groups is 1. The molecule has 1 aromatic carbocycles. The average molecular weight is 369 g/mol. The minimum absolute atomic E-state index is 0.182. The van der Waals surface area contributed by atoms with Crippen LogP contribution in [-0.4, -0.2) is 25.9 Å². The second kappa shape index (κ2) is 6.95. The lowest BCUT2D eigenvalue weighted by Crippen LogP contribution is -2.30. The Morgan fingerprint density at radius 1 is 1.38 bits per heavy atom. The van der Waals surface area contributed by atoms with Crippen molar-refractivity contribution in [1.29, 1.82) is 0 Å². The number of carbonyl (C=O) groups excluding carboxylic acids is 1. The van der Waals surface area contributed by atoms with E-state index in [1.165, 1.54) is 22.6 Å². The maximum atomic E-state index is 12.4. The highest BCUT2D eigenvalue weighted by atomic mass is 32.1. The largest absolute Gasteiger partial charge is 0.300 e. The Hall–Kier alpha value is -2.61. The van der Waals surface area contributed by atoms with Crippen LogP contribution in [0.25, 0.3) is 10.9 Å². The van der Waals surface area contributed by atoms with E-state index in [0.717, 1.165) is 29.6 Å². The third kappa shape index (κ3) is 3.24. The van der Waals surface area contributed by atoms with Gasteiger partial charge in [-0.05, 0) is 37.3 Å². The predicted octanol–water partition coefficient (Wildman–Crippen LogP) is 2.40.